The van der Waals surface area contributed by atoms with Gasteiger partial charge < -0.3 is 15.4 Å². The van der Waals surface area contributed by atoms with Gasteiger partial charge in [-0.15, -0.1) is 0 Å². The van der Waals surface area contributed by atoms with Gasteiger partial charge in [-0.25, -0.2) is 4.98 Å². The topological polar surface area (TPSA) is 60.9 Å². The summed E-state index contributed by atoms with van der Waals surface area (Å²) in [5.41, 5.74) is 2.95. The molecule has 0 spiro atoms. The zero-order valence-corrected chi connectivity index (χ0v) is 10.6. The first-order chi connectivity index (χ1) is 8.78. The highest BCUT2D eigenvalue weighted by Gasteiger charge is 2.22. The second-order valence-electron chi connectivity index (χ2n) is 5.30. The van der Waals surface area contributed by atoms with Crippen LogP contribution in [-0.4, -0.2) is 28.2 Å². The van der Waals surface area contributed by atoms with Gasteiger partial charge in [-0.1, -0.05) is 6.92 Å². The summed E-state index contributed by atoms with van der Waals surface area (Å²) in [7, 11) is 0. The zero-order chi connectivity index (χ0) is 12.5. The van der Waals surface area contributed by atoms with Crippen LogP contribution in [-0.2, 0) is 6.61 Å². The van der Waals surface area contributed by atoms with Gasteiger partial charge in [0, 0.05) is 18.1 Å². The molecule has 2 atom stereocenters. The molecule has 4 nitrogen and oxygen atoms in total. The quantitative estimate of drug-likeness (QED) is 0.755. The highest BCUT2D eigenvalue weighted by Crippen LogP contribution is 2.31. The fraction of sp³-hybridized carbons (Fsp3) is 0.500. The van der Waals surface area contributed by atoms with E-state index in [4.69, 9.17) is 5.11 Å². The Morgan fingerprint density at radius 2 is 2.28 bits per heavy atom. The van der Waals surface area contributed by atoms with Gasteiger partial charge in [-0.05, 0) is 42.5 Å². The summed E-state index contributed by atoms with van der Waals surface area (Å²) in [5.74, 6) is 1.28. The lowest BCUT2D eigenvalue weighted by molar-refractivity contribution is 0.277. The van der Waals surface area contributed by atoms with Crippen molar-refractivity contribution < 1.29 is 5.11 Å². The van der Waals surface area contributed by atoms with E-state index in [0.29, 0.717) is 11.6 Å². The lowest BCUT2D eigenvalue weighted by Crippen LogP contribution is -2.33. The molecular formula is C14H19N3O. The standard InChI is InChI=1S/C14H19N3O/c1-9-4-10(6-15-5-9)13-7-16-14-12(13)3-2-11(8-18)17-14/h2-3,7,9-10,15,18H,4-6,8H2,1H3,(H,16,17)/t9-,10+/m1/s1. The maximum absolute atomic E-state index is 9.10. The molecule has 2 aromatic heterocycles. The SMILES string of the molecule is C[C@H]1CNC[C@@H](c2c[nH]c3nc(CO)ccc23)C1. The highest BCUT2D eigenvalue weighted by atomic mass is 16.3. The summed E-state index contributed by atoms with van der Waals surface area (Å²) >= 11 is 0. The average Bonchev–Trinajstić information content (AvgIpc) is 2.81. The van der Waals surface area contributed by atoms with Gasteiger partial charge >= 0.3 is 0 Å². The minimum Gasteiger partial charge on any atom is -0.390 e. The van der Waals surface area contributed by atoms with Crippen molar-refractivity contribution >= 4 is 11.0 Å². The molecule has 3 rings (SSSR count). The van der Waals surface area contributed by atoms with Gasteiger partial charge in [0.1, 0.15) is 5.65 Å². The van der Waals surface area contributed by atoms with Crippen LogP contribution in [0.4, 0.5) is 0 Å². The molecule has 96 valence electrons. The molecule has 0 unspecified atom stereocenters. The van der Waals surface area contributed by atoms with Gasteiger partial charge in [0.05, 0.1) is 12.3 Å². The molecule has 0 saturated carbocycles. The lowest BCUT2D eigenvalue weighted by Gasteiger charge is -2.27. The van der Waals surface area contributed by atoms with Gasteiger partial charge in [-0.3, -0.25) is 0 Å². The first-order valence-corrected chi connectivity index (χ1v) is 6.56. The van der Waals surface area contributed by atoms with E-state index in [-0.39, 0.29) is 6.61 Å². The van der Waals surface area contributed by atoms with Crippen LogP contribution in [0, 0.1) is 5.92 Å². The summed E-state index contributed by atoms with van der Waals surface area (Å²) in [6, 6.07) is 3.97. The van der Waals surface area contributed by atoms with E-state index >= 15 is 0 Å². The molecule has 1 saturated heterocycles. The molecular weight excluding hydrogens is 226 g/mol. The Morgan fingerprint density at radius 3 is 3.06 bits per heavy atom. The Kier molecular flexibility index (Phi) is 3.06. The van der Waals surface area contributed by atoms with Crippen LogP contribution in [0.5, 0.6) is 0 Å². The molecule has 0 aliphatic carbocycles. The van der Waals surface area contributed by atoms with E-state index < -0.39 is 0 Å². The van der Waals surface area contributed by atoms with Crippen LogP contribution < -0.4 is 5.32 Å². The van der Waals surface area contributed by atoms with Gasteiger partial charge in [-0.2, -0.15) is 0 Å². The van der Waals surface area contributed by atoms with Crippen LogP contribution in [0.15, 0.2) is 18.3 Å². The minimum absolute atomic E-state index is 0.00763. The summed E-state index contributed by atoms with van der Waals surface area (Å²) in [4.78, 5) is 7.63. The Bertz CT molecular complexity index is 549. The van der Waals surface area contributed by atoms with Crippen molar-refractivity contribution in [3.8, 4) is 0 Å². The van der Waals surface area contributed by atoms with Gasteiger partial charge in [0.15, 0.2) is 0 Å². The van der Waals surface area contributed by atoms with Crippen LogP contribution in [0.1, 0.15) is 30.5 Å². The van der Waals surface area contributed by atoms with E-state index in [2.05, 4.69) is 34.5 Å². The van der Waals surface area contributed by atoms with Gasteiger partial charge in [0.25, 0.3) is 0 Å². The molecule has 18 heavy (non-hydrogen) atoms. The molecule has 3 N–H and O–H groups in total. The number of nitrogens with one attached hydrogen (secondary N) is 2. The third-order valence-corrected chi connectivity index (χ3v) is 3.80. The van der Waals surface area contributed by atoms with E-state index in [1.807, 2.05) is 6.07 Å². The molecule has 0 amide bonds. The first kappa shape index (κ1) is 11.7. The average molecular weight is 245 g/mol. The fourth-order valence-corrected chi connectivity index (χ4v) is 2.89. The number of hydrogen-bond acceptors (Lipinski definition) is 3. The number of aromatic nitrogens is 2. The Hall–Kier alpha value is -1.39. The number of hydrogen-bond donors (Lipinski definition) is 3. The maximum atomic E-state index is 9.10. The predicted octanol–water partition coefficient (Wildman–Crippen LogP) is 1.77. The summed E-state index contributed by atoms with van der Waals surface area (Å²) in [6.45, 7) is 4.44. The van der Waals surface area contributed by atoms with Crippen molar-refractivity contribution in [2.45, 2.75) is 25.9 Å². The Morgan fingerprint density at radius 1 is 1.39 bits per heavy atom. The molecule has 0 radical (unpaired) electrons. The van der Waals surface area contributed by atoms with Crippen molar-refractivity contribution in [2.75, 3.05) is 13.1 Å². The van der Waals surface area contributed by atoms with E-state index in [0.717, 1.165) is 24.7 Å². The smallest absolute Gasteiger partial charge is 0.137 e. The van der Waals surface area contributed by atoms with Crippen molar-refractivity contribution in [3.63, 3.8) is 0 Å². The van der Waals surface area contributed by atoms with Gasteiger partial charge in [0.2, 0.25) is 0 Å². The molecule has 1 aliphatic rings. The normalized spacial score (nSPS) is 24.6. The molecule has 3 heterocycles. The van der Waals surface area contributed by atoms with Crippen molar-refractivity contribution in [1.29, 1.82) is 0 Å². The maximum Gasteiger partial charge on any atom is 0.137 e. The molecule has 0 bridgehead atoms. The number of aliphatic hydroxyl groups is 1. The number of H-pyrrole nitrogens is 1. The highest BCUT2D eigenvalue weighted by molar-refractivity contribution is 5.80. The van der Waals surface area contributed by atoms with E-state index in [1.54, 1.807) is 0 Å². The molecule has 4 heteroatoms. The Balaban J connectivity index is 1.97. The van der Waals surface area contributed by atoms with Crippen LogP contribution in [0.2, 0.25) is 0 Å². The number of fused-ring (bicyclic) bond motifs is 1. The van der Waals surface area contributed by atoms with E-state index in [1.165, 1.54) is 17.4 Å². The Labute approximate surface area is 106 Å². The molecule has 0 aromatic carbocycles. The monoisotopic (exact) mass is 245 g/mol. The summed E-state index contributed by atoms with van der Waals surface area (Å²) in [5, 5.41) is 13.8. The largest absolute Gasteiger partial charge is 0.390 e. The zero-order valence-electron chi connectivity index (χ0n) is 10.6. The predicted molar refractivity (Wildman–Crippen MR) is 71.4 cm³/mol. The molecule has 2 aromatic rings. The number of nitrogens with zero attached hydrogens (tertiary/aromatic N) is 1. The lowest BCUT2D eigenvalue weighted by atomic mass is 9.86. The summed E-state index contributed by atoms with van der Waals surface area (Å²) < 4.78 is 0. The number of aliphatic hydroxyl groups excluding tert-OH is 1. The number of rotatable bonds is 2. The molecule has 1 aliphatic heterocycles. The summed E-state index contributed by atoms with van der Waals surface area (Å²) in [6.07, 6.45) is 3.30. The van der Waals surface area contributed by atoms with Crippen LogP contribution >= 0.6 is 0 Å². The fourth-order valence-electron chi connectivity index (χ4n) is 2.89. The number of aromatic amines is 1. The van der Waals surface area contributed by atoms with Crippen molar-refractivity contribution in [1.82, 2.24) is 15.3 Å². The first-order valence-electron chi connectivity index (χ1n) is 6.56. The second-order valence-corrected chi connectivity index (χ2v) is 5.30. The third-order valence-electron chi connectivity index (χ3n) is 3.80. The van der Waals surface area contributed by atoms with Crippen LogP contribution in [0.3, 0.4) is 0 Å². The van der Waals surface area contributed by atoms with E-state index in [9.17, 15) is 0 Å². The number of piperidine rings is 1. The number of pyridine rings is 1. The molecule has 1 fully saturated rings. The minimum atomic E-state index is -0.00763. The van der Waals surface area contributed by atoms with Crippen molar-refractivity contribution in [2.24, 2.45) is 5.92 Å². The van der Waals surface area contributed by atoms with Crippen LogP contribution in [0.25, 0.3) is 11.0 Å². The van der Waals surface area contributed by atoms with Crippen molar-refractivity contribution in [3.05, 3.63) is 29.6 Å². The second kappa shape index (κ2) is 4.71. The third kappa shape index (κ3) is 2.02.